The minimum atomic E-state index is -4.36. The maximum atomic E-state index is 13.2. The van der Waals surface area contributed by atoms with Gasteiger partial charge in [-0.3, -0.25) is 4.79 Å². The van der Waals surface area contributed by atoms with Crippen molar-refractivity contribution in [3.8, 4) is 11.7 Å². The van der Waals surface area contributed by atoms with Gasteiger partial charge in [0.25, 0.3) is 15.9 Å². The Morgan fingerprint density at radius 1 is 1.07 bits per heavy atom. The van der Waals surface area contributed by atoms with E-state index in [-0.39, 0.29) is 32.8 Å². The van der Waals surface area contributed by atoms with Gasteiger partial charge in [-0.2, -0.15) is 8.42 Å². The minimum absolute atomic E-state index is 0.0106. The summed E-state index contributed by atoms with van der Waals surface area (Å²) in [5.41, 5.74) is 0.378. The van der Waals surface area contributed by atoms with Gasteiger partial charge in [-0.1, -0.05) is 38.4 Å². The molecular weight excluding hydrogens is 774 g/mol. The van der Waals surface area contributed by atoms with Crippen LogP contribution in [0.2, 0.25) is 23.3 Å². The Hall–Kier alpha value is -3.73. The van der Waals surface area contributed by atoms with E-state index in [1.807, 2.05) is 18.6 Å². The van der Waals surface area contributed by atoms with E-state index < -0.39 is 35.9 Å². The molecule has 1 saturated heterocycles. The Bertz CT molecular complexity index is 2100. The third kappa shape index (κ3) is 7.78. The van der Waals surface area contributed by atoms with Crippen molar-refractivity contribution in [2.24, 2.45) is 22.7 Å². The molecule has 4 heterocycles. The molecule has 3 saturated carbocycles. The molecule has 14 nitrogen and oxygen atoms in total. The number of nitrogens with zero attached hydrogens (tertiary/aromatic N) is 5. The van der Waals surface area contributed by atoms with Crippen LogP contribution < -0.4 is 14.8 Å². The van der Waals surface area contributed by atoms with E-state index in [1.54, 1.807) is 18.3 Å². The van der Waals surface area contributed by atoms with Crippen LogP contribution in [0.1, 0.15) is 89.9 Å². The van der Waals surface area contributed by atoms with Crippen molar-refractivity contribution in [2.75, 3.05) is 25.0 Å². The average molecular weight is 829 g/mol. The fourth-order valence-corrected chi connectivity index (χ4v) is 11.4. The second-order valence-electron chi connectivity index (χ2n) is 18.3. The fourth-order valence-electron chi connectivity index (χ4n) is 8.95. The average Bonchev–Trinajstić information content (AvgIpc) is 4.06. The molecule has 1 aliphatic heterocycles. The summed E-state index contributed by atoms with van der Waals surface area (Å²) in [7, 11) is -6.40. The van der Waals surface area contributed by atoms with Gasteiger partial charge in [0.2, 0.25) is 5.88 Å². The summed E-state index contributed by atoms with van der Waals surface area (Å²) in [6.07, 6.45) is 8.28. The highest BCUT2D eigenvalue weighted by atomic mass is 35.5. The highest BCUT2D eigenvalue weighted by molar-refractivity contribution is 7.90. The summed E-state index contributed by atoms with van der Waals surface area (Å²) < 4.78 is 43.2. The van der Waals surface area contributed by atoms with Gasteiger partial charge >= 0.3 is 6.09 Å². The molecule has 4 fully saturated rings. The normalized spacial score (nSPS) is 21.2. The number of ether oxygens (including phenoxy) is 1. The lowest BCUT2D eigenvalue weighted by atomic mass is 9.93. The number of amides is 2. The van der Waals surface area contributed by atoms with Crippen LogP contribution in [-0.2, 0) is 14.4 Å². The van der Waals surface area contributed by atoms with Crippen molar-refractivity contribution >= 4 is 47.8 Å². The number of rotatable bonds is 15. The third-order valence-corrected chi connectivity index (χ3v) is 19.1. The molecule has 0 radical (unpaired) electrons. The molecule has 2 spiro atoms. The molecule has 0 unspecified atom stereocenters. The van der Waals surface area contributed by atoms with Gasteiger partial charge in [0.1, 0.15) is 17.6 Å². The van der Waals surface area contributed by atoms with Crippen molar-refractivity contribution < 1.29 is 32.3 Å². The van der Waals surface area contributed by atoms with Gasteiger partial charge in [-0.25, -0.2) is 24.2 Å². The van der Waals surface area contributed by atoms with Crippen LogP contribution >= 0.6 is 11.6 Å². The van der Waals surface area contributed by atoms with Crippen molar-refractivity contribution in [3.63, 3.8) is 0 Å². The zero-order valence-corrected chi connectivity index (χ0v) is 35.8. The second kappa shape index (κ2) is 14.3. The summed E-state index contributed by atoms with van der Waals surface area (Å²) in [6.45, 7) is 16.6. The first-order valence-electron chi connectivity index (χ1n) is 19.5. The smallest absolute Gasteiger partial charge is 0.407 e. The highest BCUT2D eigenvalue weighted by Crippen LogP contribution is 2.93. The number of anilines is 1. The van der Waals surface area contributed by atoms with E-state index in [0.717, 1.165) is 19.3 Å². The van der Waals surface area contributed by atoms with Gasteiger partial charge in [-0.15, -0.1) is 5.10 Å². The molecule has 17 heteroatoms. The quantitative estimate of drug-likeness (QED) is 0.0792. The SMILES string of the molecule is CC1(C)C[C@H](CCCNc2cccc(S(=O)(=O)NC(=O)c3ccc(-n4ccc(OC[C@H](O[Si](C)(C)C(C)(C)C)C5C6(CC6)C56CC6)n4)nc3Cl)n2)CN1C(=O)O. The van der Waals surface area contributed by atoms with Crippen molar-refractivity contribution in [2.45, 2.75) is 114 Å². The number of halogens is 1. The van der Waals surface area contributed by atoms with Crippen LogP contribution in [0.5, 0.6) is 5.88 Å². The number of carboxylic acid groups (broad SMARTS) is 1. The van der Waals surface area contributed by atoms with Crippen LogP contribution in [0.25, 0.3) is 5.82 Å². The maximum Gasteiger partial charge on any atom is 0.407 e. The van der Waals surface area contributed by atoms with E-state index >= 15 is 0 Å². The van der Waals surface area contributed by atoms with Crippen LogP contribution in [0.3, 0.4) is 0 Å². The van der Waals surface area contributed by atoms with E-state index in [2.05, 4.69) is 54.2 Å². The van der Waals surface area contributed by atoms with Gasteiger partial charge in [0, 0.05) is 30.9 Å². The lowest BCUT2D eigenvalue weighted by Crippen LogP contribution is -2.46. The Morgan fingerprint density at radius 2 is 1.77 bits per heavy atom. The zero-order chi connectivity index (χ0) is 40.5. The summed E-state index contributed by atoms with van der Waals surface area (Å²) in [5.74, 6) is 0.896. The molecule has 0 aromatic carbocycles. The largest absolute Gasteiger partial charge is 0.474 e. The van der Waals surface area contributed by atoms with Gasteiger partial charge in [0.05, 0.1) is 11.7 Å². The van der Waals surface area contributed by atoms with Crippen molar-refractivity contribution in [1.82, 2.24) is 29.4 Å². The first-order chi connectivity index (χ1) is 26.2. The molecule has 3 aliphatic carbocycles. The molecule has 3 N–H and O–H groups in total. The van der Waals surface area contributed by atoms with Gasteiger partial charge in [-0.05, 0) is 124 Å². The van der Waals surface area contributed by atoms with E-state index in [9.17, 15) is 23.1 Å². The molecule has 4 aliphatic rings. The van der Waals surface area contributed by atoms with E-state index in [1.165, 1.54) is 59.5 Å². The summed E-state index contributed by atoms with van der Waals surface area (Å²) in [4.78, 5) is 34.7. The molecule has 0 bridgehead atoms. The first kappa shape index (κ1) is 40.5. The Kier molecular flexibility index (Phi) is 10.3. The first-order valence-corrected chi connectivity index (χ1v) is 24.3. The molecule has 2 atom stereocenters. The maximum absolute atomic E-state index is 13.2. The topological polar surface area (TPSA) is 178 Å². The van der Waals surface area contributed by atoms with Crippen molar-refractivity contribution in [1.29, 1.82) is 0 Å². The summed E-state index contributed by atoms with van der Waals surface area (Å²) >= 11 is 6.44. The Labute approximate surface area is 335 Å². The summed E-state index contributed by atoms with van der Waals surface area (Å²) in [5, 5.41) is 16.7. The fraction of sp³-hybridized carbons (Fsp3) is 0.615. The lowest BCUT2D eigenvalue weighted by molar-refractivity contribution is 0.0850. The van der Waals surface area contributed by atoms with Crippen LogP contribution in [0.4, 0.5) is 10.6 Å². The monoisotopic (exact) mass is 827 g/mol. The molecule has 3 aromatic rings. The Morgan fingerprint density at radius 3 is 2.38 bits per heavy atom. The minimum Gasteiger partial charge on any atom is -0.474 e. The van der Waals surface area contributed by atoms with Crippen LogP contribution in [-0.4, -0.2) is 89.8 Å². The third-order valence-electron chi connectivity index (χ3n) is 13.1. The number of nitrogens with one attached hydrogen (secondary N) is 2. The van der Waals surface area contributed by atoms with Crippen LogP contribution in [0.15, 0.2) is 47.6 Å². The summed E-state index contributed by atoms with van der Waals surface area (Å²) in [6, 6.07) is 9.13. The molecule has 2 amide bonds. The number of hydrogen-bond acceptors (Lipinski definition) is 10. The number of sulfonamides is 1. The van der Waals surface area contributed by atoms with Crippen molar-refractivity contribution in [3.05, 3.63) is 53.3 Å². The van der Waals surface area contributed by atoms with E-state index in [4.69, 9.17) is 20.8 Å². The number of hydrogen-bond donors (Lipinski definition) is 3. The number of fused-ring (bicyclic) bond motifs is 1. The molecule has 3 aromatic heterocycles. The number of aromatic nitrogens is 4. The number of carbonyl (C=O) groups excluding carboxylic acids is 1. The number of likely N-dealkylation sites (tertiary alicyclic amines) is 1. The molecule has 7 rings (SSSR count). The number of carbonyl (C=O) groups is 2. The van der Waals surface area contributed by atoms with E-state index in [0.29, 0.717) is 54.0 Å². The lowest BCUT2D eigenvalue weighted by Gasteiger charge is -2.39. The molecule has 56 heavy (non-hydrogen) atoms. The van der Waals surface area contributed by atoms with Crippen LogP contribution in [0, 0.1) is 22.7 Å². The molecular formula is C39H54ClN7O7SSi. The van der Waals surface area contributed by atoms with Gasteiger partial charge < -0.3 is 24.5 Å². The van der Waals surface area contributed by atoms with Gasteiger partial charge in [0.15, 0.2) is 19.2 Å². The predicted molar refractivity (Wildman–Crippen MR) is 214 cm³/mol. The molecule has 304 valence electrons. The Balaban J connectivity index is 0.935. The zero-order valence-electron chi connectivity index (χ0n) is 33.3. The highest BCUT2D eigenvalue weighted by Gasteiger charge is 2.88. The second-order valence-corrected chi connectivity index (χ2v) is 25.0. The number of pyridine rings is 2. The standard InChI is InChI=1S/C39H54ClN7O7SSi/c1-36(2,3)56(6,7)54-27(32-38(16-17-38)39(32)18-19-39)24-53-30-15-21-47(44-30)29-14-13-26(33(40)43-29)34(48)45-55(51,52)31-12-8-11-28(42-31)41-20-9-10-25-22-37(4,5)46(23-25)35(49)50/h8,11-15,21,25,27,32H,9-10,16-20,22-24H2,1-7H3,(H,41,42)(H,45,48)(H,49,50)/t25-,27-/m0/s1. The predicted octanol–water partition coefficient (Wildman–Crippen LogP) is 7.36.